The molecular formula is C18H25F3N4O5. The van der Waals surface area contributed by atoms with Crippen molar-refractivity contribution >= 4 is 17.8 Å². The number of carboxylic acids is 1. The van der Waals surface area contributed by atoms with Crippen molar-refractivity contribution in [1.82, 2.24) is 14.9 Å². The second-order valence-corrected chi connectivity index (χ2v) is 7.03. The third-order valence-corrected chi connectivity index (χ3v) is 4.74. The highest BCUT2D eigenvalue weighted by Gasteiger charge is 2.43. The van der Waals surface area contributed by atoms with Gasteiger partial charge < -0.3 is 24.4 Å². The van der Waals surface area contributed by atoms with Crippen molar-refractivity contribution in [1.29, 1.82) is 0 Å². The Balaban J connectivity index is 0.000000396. The van der Waals surface area contributed by atoms with Gasteiger partial charge in [0.05, 0.1) is 13.2 Å². The minimum Gasteiger partial charge on any atom is -0.475 e. The summed E-state index contributed by atoms with van der Waals surface area (Å²) in [6, 6.07) is 1.82. The summed E-state index contributed by atoms with van der Waals surface area (Å²) in [5.41, 5.74) is -0.0441. The molecule has 2 aliphatic rings. The van der Waals surface area contributed by atoms with Crippen molar-refractivity contribution in [2.45, 2.75) is 19.5 Å². The van der Waals surface area contributed by atoms with Crippen molar-refractivity contribution in [3.8, 4) is 0 Å². The maximum atomic E-state index is 12.3. The number of carbonyl (C=O) groups is 2. The van der Waals surface area contributed by atoms with E-state index >= 15 is 0 Å². The first-order valence-electron chi connectivity index (χ1n) is 9.42. The number of hydrogen-bond donors (Lipinski definition) is 1. The number of carboxylic acid groups (broad SMARTS) is 1. The van der Waals surface area contributed by atoms with E-state index in [1.165, 1.54) is 0 Å². The largest absolute Gasteiger partial charge is 0.490 e. The van der Waals surface area contributed by atoms with Gasteiger partial charge in [0.1, 0.15) is 6.61 Å². The lowest BCUT2D eigenvalue weighted by atomic mass is 9.87. The summed E-state index contributed by atoms with van der Waals surface area (Å²) in [7, 11) is 0. The summed E-state index contributed by atoms with van der Waals surface area (Å²) in [4.78, 5) is 33.9. The number of alkyl halides is 3. The number of ether oxygens (including phenoxy) is 2. The molecule has 1 N–H and O–H groups in total. The van der Waals surface area contributed by atoms with Crippen LogP contribution in [0, 0.1) is 5.41 Å². The molecule has 30 heavy (non-hydrogen) atoms. The third-order valence-electron chi connectivity index (χ3n) is 4.74. The highest BCUT2D eigenvalue weighted by Crippen LogP contribution is 2.34. The van der Waals surface area contributed by atoms with Crippen molar-refractivity contribution in [3.05, 3.63) is 18.5 Å². The Morgan fingerprint density at radius 1 is 1.27 bits per heavy atom. The van der Waals surface area contributed by atoms with Gasteiger partial charge in [-0.3, -0.25) is 4.79 Å². The minimum atomic E-state index is -5.08. The number of rotatable bonds is 4. The Morgan fingerprint density at radius 2 is 1.93 bits per heavy atom. The van der Waals surface area contributed by atoms with Gasteiger partial charge >= 0.3 is 12.1 Å². The second kappa shape index (κ2) is 10.5. The summed E-state index contributed by atoms with van der Waals surface area (Å²) in [6.45, 7) is 6.91. The number of carbonyl (C=O) groups excluding carboxylic acids is 1. The molecule has 0 radical (unpaired) electrons. The smallest absolute Gasteiger partial charge is 0.475 e. The molecule has 1 aromatic rings. The van der Waals surface area contributed by atoms with Crippen molar-refractivity contribution in [3.63, 3.8) is 0 Å². The van der Waals surface area contributed by atoms with Crippen LogP contribution >= 0.6 is 0 Å². The zero-order valence-corrected chi connectivity index (χ0v) is 16.6. The molecule has 0 aromatic carbocycles. The van der Waals surface area contributed by atoms with Gasteiger partial charge in [0.2, 0.25) is 11.9 Å². The zero-order valence-electron chi connectivity index (χ0n) is 16.6. The number of halogens is 3. The fourth-order valence-corrected chi connectivity index (χ4v) is 3.29. The molecule has 2 saturated heterocycles. The molecule has 0 saturated carbocycles. The van der Waals surface area contributed by atoms with Crippen molar-refractivity contribution in [2.24, 2.45) is 5.41 Å². The highest BCUT2D eigenvalue weighted by atomic mass is 19.4. The van der Waals surface area contributed by atoms with Crippen molar-refractivity contribution < 1.29 is 37.3 Å². The lowest BCUT2D eigenvalue weighted by Crippen LogP contribution is -2.44. The molecular weight excluding hydrogens is 409 g/mol. The molecule has 1 atom stereocenters. The standard InChI is InChI=1S/C16H24N4O3.C2HF3O2/c1-2-22-10-14(21)19-8-9-23-13-16(11-19)4-7-20(12-16)15-17-5-3-6-18-15;3-2(4,5)1(6)7/h3,5-6H,2,4,7-13H2,1H3;(H,6,7). The zero-order chi connectivity index (χ0) is 22.2. The average Bonchev–Trinajstić information content (AvgIpc) is 3.00. The van der Waals surface area contributed by atoms with Gasteiger partial charge in [-0.25, -0.2) is 14.8 Å². The van der Waals surface area contributed by atoms with Crippen molar-refractivity contribution in [2.75, 3.05) is 57.5 Å². The monoisotopic (exact) mass is 434 g/mol. The lowest BCUT2D eigenvalue weighted by Gasteiger charge is -2.31. The third kappa shape index (κ3) is 6.80. The van der Waals surface area contributed by atoms with Gasteiger partial charge in [0, 0.05) is 50.6 Å². The topological polar surface area (TPSA) is 105 Å². The Labute approximate surface area is 171 Å². The van der Waals surface area contributed by atoms with E-state index in [-0.39, 0.29) is 17.9 Å². The van der Waals surface area contributed by atoms with Crippen LogP contribution in [0.4, 0.5) is 19.1 Å². The van der Waals surface area contributed by atoms with Gasteiger partial charge in [0.15, 0.2) is 0 Å². The van der Waals surface area contributed by atoms with Crippen LogP contribution in [0.25, 0.3) is 0 Å². The van der Waals surface area contributed by atoms with Gasteiger partial charge in [-0.2, -0.15) is 13.2 Å². The van der Waals surface area contributed by atoms with Crippen LogP contribution in [0.1, 0.15) is 13.3 Å². The number of nitrogens with zero attached hydrogens (tertiary/aromatic N) is 4. The Morgan fingerprint density at radius 3 is 2.53 bits per heavy atom. The molecule has 1 unspecified atom stereocenters. The number of aromatic nitrogens is 2. The summed E-state index contributed by atoms with van der Waals surface area (Å²) in [5.74, 6) is -1.96. The van der Waals surface area contributed by atoms with Crippen LogP contribution in [0.15, 0.2) is 18.5 Å². The van der Waals surface area contributed by atoms with Gasteiger partial charge in [-0.1, -0.05) is 0 Å². The summed E-state index contributed by atoms with van der Waals surface area (Å²) < 4.78 is 42.8. The number of anilines is 1. The van der Waals surface area contributed by atoms with Crippen LogP contribution in [0.5, 0.6) is 0 Å². The van der Waals surface area contributed by atoms with Gasteiger partial charge in [-0.15, -0.1) is 0 Å². The maximum absolute atomic E-state index is 12.3. The molecule has 1 spiro atoms. The molecule has 9 nitrogen and oxygen atoms in total. The van der Waals surface area contributed by atoms with Crippen LogP contribution < -0.4 is 4.90 Å². The summed E-state index contributed by atoms with van der Waals surface area (Å²) in [5, 5.41) is 7.12. The van der Waals surface area contributed by atoms with E-state index < -0.39 is 12.1 Å². The number of aliphatic carboxylic acids is 1. The minimum absolute atomic E-state index is 0.0441. The number of amides is 1. The highest BCUT2D eigenvalue weighted by molar-refractivity contribution is 5.77. The predicted octanol–water partition coefficient (Wildman–Crippen LogP) is 1.20. The first-order valence-corrected chi connectivity index (χ1v) is 9.42. The van der Waals surface area contributed by atoms with Crippen LogP contribution in [0.2, 0.25) is 0 Å². The predicted molar refractivity (Wildman–Crippen MR) is 98.9 cm³/mol. The Bertz CT molecular complexity index is 707. The SMILES string of the molecule is CCOCC(=O)N1CCOCC2(CCN(c3ncccn3)C2)C1.O=C(O)C(F)(F)F. The van der Waals surface area contributed by atoms with Gasteiger partial charge in [0.25, 0.3) is 0 Å². The van der Waals surface area contributed by atoms with E-state index in [9.17, 15) is 18.0 Å². The average molecular weight is 434 g/mol. The quantitative estimate of drug-likeness (QED) is 0.754. The normalized spacial score (nSPS) is 21.7. The molecule has 12 heteroatoms. The molecule has 168 valence electrons. The van der Waals surface area contributed by atoms with E-state index in [1.807, 2.05) is 17.9 Å². The van der Waals surface area contributed by atoms with E-state index in [4.69, 9.17) is 19.4 Å². The molecule has 2 fully saturated rings. The van der Waals surface area contributed by atoms with Crippen LogP contribution in [-0.2, 0) is 19.1 Å². The van der Waals surface area contributed by atoms with E-state index in [0.29, 0.717) is 32.9 Å². The molecule has 3 heterocycles. The maximum Gasteiger partial charge on any atom is 0.490 e. The summed E-state index contributed by atoms with van der Waals surface area (Å²) >= 11 is 0. The molecule has 1 aromatic heterocycles. The molecule has 3 rings (SSSR count). The Hall–Kier alpha value is -2.47. The molecule has 0 aliphatic carbocycles. The fraction of sp³-hybridized carbons (Fsp3) is 0.667. The van der Waals surface area contributed by atoms with Crippen LogP contribution in [0.3, 0.4) is 0 Å². The van der Waals surface area contributed by atoms with Gasteiger partial charge in [-0.05, 0) is 19.4 Å². The van der Waals surface area contributed by atoms with E-state index in [1.54, 1.807) is 12.4 Å². The lowest BCUT2D eigenvalue weighted by molar-refractivity contribution is -0.192. The molecule has 0 bridgehead atoms. The first-order chi connectivity index (χ1) is 14.2. The van der Waals surface area contributed by atoms with E-state index in [2.05, 4.69) is 14.9 Å². The second-order valence-electron chi connectivity index (χ2n) is 7.03. The van der Waals surface area contributed by atoms with E-state index in [0.717, 1.165) is 25.5 Å². The fourth-order valence-electron chi connectivity index (χ4n) is 3.29. The number of hydrogen-bond acceptors (Lipinski definition) is 7. The van der Waals surface area contributed by atoms with Crippen LogP contribution in [-0.4, -0.2) is 90.6 Å². The summed E-state index contributed by atoms with van der Waals surface area (Å²) in [6.07, 6.45) is -0.590. The molecule has 2 aliphatic heterocycles. The first kappa shape index (κ1) is 23.8. The molecule has 1 amide bonds. The Kier molecular flexibility index (Phi) is 8.35.